The zero-order chi connectivity index (χ0) is 13.9. The SMILES string of the molecule is Cl.O=[N+]([O-])c1ccc(-c2csc(C3CCNCC3)n2)cc1. The van der Waals surface area contributed by atoms with Gasteiger partial charge in [0.2, 0.25) is 0 Å². The van der Waals surface area contributed by atoms with Crippen molar-refractivity contribution < 1.29 is 4.92 Å². The van der Waals surface area contributed by atoms with Crippen LogP contribution in [-0.4, -0.2) is 23.0 Å². The van der Waals surface area contributed by atoms with Crippen molar-refractivity contribution in [1.29, 1.82) is 0 Å². The lowest BCUT2D eigenvalue weighted by Gasteiger charge is -2.20. The first kappa shape index (κ1) is 15.9. The molecule has 1 fully saturated rings. The van der Waals surface area contributed by atoms with Crippen LogP contribution in [0.2, 0.25) is 0 Å². The topological polar surface area (TPSA) is 68.1 Å². The fourth-order valence-electron chi connectivity index (χ4n) is 2.43. The largest absolute Gasteiger partial charge is 0.317 e. The number of aromatic nitrogens is 1. The molecule has 5 nitrogen and oxygen atoms in total. The number of benzene rings is 1. The molecule has 112 valence electrons. The molecule has 0 spiro atoms. The van der Waals surface area contributed by atoms with Gasteiger partial charge >= 0.3 is 0 Å². The minimum absolute atomic E-state index is 0. The Balaban J connectivity index is 0.00000161. The van der Waals surface area contributed by atoms with Crippen molar-refractivity contribution in [3.8, 4) is 11.3 Å². The number of nitrogens with zero attached hydrogens (tertiary/aromatic N) is 2. The van der Waals surface area contributed by atoms with Crippen LogP contribution in [0.15, 0.2) is 29.6 Å². The number of hydrogen-bond donors (Lipinski definition) is 1. The highest BCUT2D eigenvalue weighted by molar-refractivity contribution is 7.10. The van der Waals surface area contributed by atoms with Crippen LogP contribution >= 0.6 is 23.7 Å². The number of nitro benzene ring substituents is 1. The van der Waals surface area contributed by atoms with E-state index in [2.05, 4.69) is 5.32 Å². The highest BCUT2D eigenvalue weighted by atomic mass is 35.5. The molecule has 7 heteroatoms. The Labute approximate surface area is 133 Å². The minimum atomic E-state index is -0.384. The number of rotatable bonds is 3. The smallest absolute Gasteiger partial charge is 0.269 e. The molecule has 0 unspecified atom stereocenters. The second-order valence-electron chi connectivity index (χ2n) is 4.90. The summed E-state index contributed by atoms with van der Waals surface area (Å²) in [5.41, 5.74) is 1.97. The van der Waals surface area contributed by atoms with Gasteiger partial charge in [-0.05, 0) is 38.1 Å². The molecular formula is C14H16ClN3O2S. The Morgan fingerprint density at radius 1 is 1.24 bits per heavy atom. The van der Waals surface area contributed by atoms with Gasteiger partial charge in [0.25, 0.3) is 5.69 Å². The van der Waals surface area contributed by atoms with Crippen LogP contribution in [0.5, 0.6) is 0 Å². The summed E-state index contributed by atoms with van der Waals surface area (Å²) in [6.07, 6.45) is 2.26. The molecule has 0 atom stereocenters. The van der Waals surface area contributed by atoms with E-state index in [-0.39, 0.29) is 23.0 Å². The van der Waals surface area contributed by atoms with Crippen molar-refractivity contribution in [2.24, 2.45) is 0 Å². The van der Waals surface area contributed by atoms with E-state index in [1.807, 2.05) is 5.38 Å². The minimum Gasteiger partial charge on any atom is -0.317 e. The molecule has 3 rings (SSSR count). The molecule has 0 aliphatic carbocycles. The van der Waals surface area contributed by atoms with Crippen LogP contribution in [0.1, 0.15) is 23.8 Å². The first-order chi connectivity index (χ1) is 9.74. The maximum Gasteiger partial charge on any atom is 0.269 e. The molecule has 1 aromatic heterocycles. The normalized spacial score (nSPS) is 15.4. The monoisotopic (exact) mass is 325 g/mol. The summed E-state index contributed by atoms with van der Waals surface area (Å²) in [5.74, 6) is 0.549. The summed E-state index contributed by atoms with van der Waals surface area (Å²) in [7, 11) is 0. The predicted molar refractivity (Wildman–Crippen MR) is 86.3 cm³/mol. The number of thiazole rings is 1. The third-order valence-corrected chi connectivity index (χ3v) is 4.59. The lowest BCUT2D eigenvalue weighted by Crippen LogP contribution is -2.26. The number of nitro groups is 1. The molecule has 1 saturated heterocycles. The summed E-state index contributed by atoms with van der Waals surface area (Å²) >= 11 is 1.69. The third kappa shape index (κ3) is 3.58. The van der Waals surface area contributed by atoms with Gasteiger partial charge in [0.15, 0.2) is 0 Å². The Hall–Kier alpha value is -1.50. The van der Waals surface area contributed by atoms with E-state index in [9.17, 15) is 10.1 Å². The summed E-state index contributed by atoms with van der Waals surface area (Å²) in [5, 5.41) is 17.2. The quantitative estimate of drug-likeness (QED) is 0.691. The van der Waals surface area contributed by atoms with E-state index in [4.69, 9.17) is 4.98 Å². The molecule has 21 heavy (non-hydrogen) atoms. The van der Waals surface area contributed by atoms with Crippen molar-refractivity contribution in [2.45, 2.75) is 18.8 Å². The summed E-state index contributed by atoms with van der Waals surface area (Å²) in [6.45, 7) is 2.11. The van der Waals surface area contributed by atoms with E-state index in [1.54, 1.807) is 23.5 Å². The number of hydrogen-bond acceptors (Lipinski definition) is 5. The van der Waals surface area contributed by atoms with Crippen molar-refractivity contribution in [3.63, 3.8) is 0 Å². The molecule has 0 radical (unpaired) electrons. The number of halogens is 1. The van der Waals surface area contributed by atoms with Crippen LogP contribution in [-0.2, 0) is 0 Å². The fraction of sp³-hybridized carbons (Fsp3) is 0.357. The van der Waals surface area contributed by atoms with Gasteiger partial charge in [-0.3, -0.25) is 10.1 Å². The maximum absolute atomic E-state index is 10.6. The van der Waals surface area contributed by atoms with Crippen LogP contribution in [0.4, 0.5) is 5.69 Å². The van der Waals surface area contributed by atoms with Crippen LogP contribution in [0, 0.1) is 10.1 Å². The average Bonchev–Trinajstić information content (AvgIpc) is 2.98. The van der Waals surface area contributed by atoms with E-state index in [1.165, 1.54) is 17.1 Å². The van der Waals surface area contributed by atoms with Crippen molar-refractivity contribution in [2.75, 3.05) is 13.1 Å². The van der Waals surface area contributed by atoms with Crippen LogP contribution in [0.3, 0.4) is 0 Å². The van der Waals surface area contributed by atoms with Gasteiger partial charge in [-0.2, -0.15) is 0 Å². The van der Waals surface area contributed by atoms with E-state index in [0.29, 0.717) is 5.92 Å². The Bertz CT molecular complexity index is 609. The van der Waals surface area contributed by atoms with Crippen LogP contribution in [0.25, 0.3) is 11.3 Å². The molecule has 0 amide bonds. The van der Waals surface area contributed by atoms with Gasteiger partial charge in [-0.1, -0.05) is 0 Å². The van der Waals surface area contributed by atoms with E-state index in [0.717, 1.165) is 37.2 Å². The van der Waals surface area contributed by atoms with Gasteiger partial charge in [-0.25, -0.2) is 4.98 Å². The maximum atomic E-state index is 10.6. The summed E-state index contributed by atoms with van der Waals surface area (Å²) < 4.78 is 0. The highest BCUT2D eigenvalue weighted by Crippen LogP contribution is 2.31. The molecule has 0 saturated carbocycles. The highest BCUT2D eigenvalue weighted by Gasteiger charge is 2.18. The zero-order valence-electron chi connectivity index (χ0n) is 11.3. The van der Waals surface area contributed by atoms with Gasteiger partial charge in [0.1, 0.15) is 0 Å². The summed E-state index contributed by atoms with van der Waals surface area (Å²) in [4.78, 5) is 15.0. The number of nitrogens with one attached hydrogen (secondary N) is 1. The van der Waals surface area contributed by atoms with Crippen molar-refractivity contribution in [3.05, 3.63) is 44.8 Å². The molecule has 1 aliphatic rings. The Morgan fingerprint density at radius 2 is 1.90 bits per heavy atom. The van der Waals surface area contributed by atoms with E-state index < -0.39 is 0 Å². The molecule has 0 bridgehead atoms. The Kier molecular flexibility index (Phi) is 5.27. The standard InChI is InChI=1S/C14H15N3O2S.ClH/c18-17(19)12-3-1-10(2-4-12)13-9-20-14(16-13)11-5-7-15-8-6-11;/h1-4,9,11,15H,5-8H2;1H. The van der Waals surface area contributed by atoms with Gasteiger partial charge in [-0.15, -0.1) is 23.7 Å². The zero-order valence-corrected chi connectivity index (χ0v) is 13.0. The number of piperidine rings is 1. The number of non-ortho nitro benzene ring substituents is 1. The van der Waals surface area contributed by atoms with Gasteiger partial charge in [0.05, 0.1) is 15.6 Å². The predicted octanol–water partition coefficient (Wildman–Crippen LogP) is 3.61. The second kappa shape index (κ2) is 6.98. The molecular weight excluding hydrogens is 310 g/mol. The third-order valence-electron chi connectivity index (χ3n) is 3.58. The molecule has 1 aliphatic heterocycles. The lowest BCUT2D eigenvalue weighted by molar-refractivity contribution is -0.384. The van der Waals surface area contributed by atoms with Crippen LogP contribution < -0.4 is 5.32 Å². The molecule has 2 heterocycles. The molecule has 2 aromatic rings. The van der Waals surface area contributed by atoms with E-state index >= 15 is 0 Å². The average molecular weight is 326 g/mol. The molecule has 1 N–H and O–H groups in total. The first-order valence-corrected chi connectivity index (χ1v) is 7.53. The Morgan fingerprint density at radius 3 is 2.52 bits per heavy atom. The summed E-state index contributed by atoms with van der Waals surface area (Å²) in [6, 6.07) is 6.58. The first-order valence-electron chi connectivity index (χ1n) is 6.65. The van der Waals surface area contributed by atoms with Crippen molar-refractivity contribution in [1.82, 2.24) is 10.3 Å². The lowest BCUT2D eigenvalue weighted by atomic mass is 9.99. The van der Waals surface area contributed by atoms with Gasteiger partial charge < -0.3 is 5.32 Å². The van der Waals surface area contributed by atoms with Gasteiger partial charge in [0, 0.05) is 29.0 Å². The van der Waals surface area contributed by atoms with Crippen molar-refractivity contribution >= 4 is 29.4 Å². The molecule has 1 aromatic carbocycles. The second-order valence-corrected chi connectivity index (χ2v) is 5.79. The fourth-order valence-corrected chi connectivity index (χ4v) is 3.43.